The summed E-state index contributed by atoms with van der Waals surface area (Å²) in [5.41, 5.74) is 5.40. The third-order valence-electron chi connectivity index (χ3n) is 5.49. The van der Waals surface area contributed by atoms with E-state index in [4.69, 9.17) is 10.5 Å². The Morgan fingerprint density at radius 3 is 2.59 bits per heavy atom. The molecule has 4 aromatic heterocycles. The van der Waals surface area contributed by atoms with Gasteiger partial charge in [-0.1, -0.05) is 0 Å². The number of carbonyl (C=O) groups is 2. The topological polar surface area (TPSA) is 112 Å². The normalized spacial score (nSPS) is 11.3. The zero-order chi connectivity index (χ0) is 27.8. The maximum absolute atomic E-state index is 13.8. The zero-order valence-electron chi connectivity index (χ0n) is 19.9. The van der Waals surface area contributed by atoms with Crippen LogP contribution in [0.4, 0.5) is 23.2 Å². The fourth-order valence-corrected chi connectivity index (χ4v) is 5.66. The molecule has 1 aromatic carbocycles. The molecule has 0 aliphatic carbocycles. The van der Waals surface area contributed by atoms with Gasteiger partial charge in [-0.2, -0.15) is 5.10 Å². The number of anilines is 1. The van der Waals surface area contributed by atoms with Crippen molar-refractivity contribution in [2.24, 2.45) is 5.73 Å². The minimum atomic E-state index is -2.86. The van der Waals surface area contributed by atoms with E-state index in [1.165, 1.54) is 34.3 Å². The molecule has 3 N–H and O–H groups in total. The Balaban J connectivity index is 1.48. The monoisotopic (exact) mass is 575 g/mol. The molecule has 0 bridgehead atoms. The molecule has 200 valence electrons. The highest BCUT2D eigenvalue weighted by molar-refractivity contribution is 7.21. The number of fused-ring (bicyclic) bond motifs is 1. The Morgan fingerprint density at radius 2 is 1.92 bits per heavy atom. The van der Waals surface area contributed by atoms with Crippen molar-refractivity contribution in [3.63, 3.8) is 0 Å². The Morgan fingerprint density at radius 1 is 1.13 bits per heavy atom. The number of rotatable bonds is 8. The maximum atomic E-state index is 13.8. The number of aryl methyl sites for hydroxylation is 1. The standard InChI is InChI=1S/C25H17F4N5O3S2/c1-11-2-5-18(38-11)13-9-16(22(28)29)31-25-19(13)20(21(39-25)23(30)35)32-24(36)15-6-7-34(33-15)10-37-17-4-3-12(26)8-14(17)27/h2-9,22H,10H2,1H3,(H2,30,35)(H,32,36). The molecule has 0 aliphatic heterocycles. The van der Waals surface area contributed by atoms with Crippen LogP contribution in [0.1, 0.15) is 37.2 Å². The second kappa shape index (κ2) is 10.5. The van der Waals surface area contributed by atoms with Gasteiger partial charge in [-0.3, -0.25) is 9.59 Å². The largest absolute Gasteiger partial charge is 0.468 e. The number of ether oxygens (including phenoxy) is 1. The van der Waals surface area contributed by atoms with Gasteiger partial charge >= 0.3 is 0 Å². The second-order valence-corrected chi connectivity index (χ2v) is 10.5. The maximum Gasteiger partial charge on any atom is 0.280 e. The summed E-state index contributed by atoms with van der Waals surface area (Å²) in [5.74, 6) is -3.47. The van der Waals surface area contributed by atoms with Crippen molar-refractivity contribution < 1.29 is 31.9 Å². The SMILES string of the molecule is Cc1ccc(-c2cc(C(F)F)nc3sc(C(N)=O)c(NC(=O)c4ccn(COc5ccc(F)cc5F)n4)c23)s1. The molecule has 0 radical (unpaired) electrons. The molecule has 14 heteroatoms. The first-order valence-electron chi connectivity index (χ1n) is 11.2. The quantitative estimate of drug-likeness (QED) is 0.216. The Kier molecular flexibility index (Phi) is 7.06. The van der Waals surface area contributed by atoms with Crippen molar-refractivity contribution in [1.29, 1.82) is 0 Å². The summed E-state index contributed by atoms with van der Waals surface area (Å²) < 4.78 is 60.7. The van der Waals surface area contributed by atoms with Gasteiger partial charge in [-0.05, 0) is 43.3 Å². The van der Waals surface area contributed by atoms with Crippen LogP contribution < -0.4 is 15.8 Å². The van der Waals surface area contributed by atoms with Gasteiger partial charge < -0.3 is 15.8 Å². The summed E-state index contributed by atoms with van der Waals surface area (Å²) in [4.78, 5) is 31.0. The third-order valence-corrected chi connectivity index (χ3v) is 7.63. The van der Waals surface area contributed by atoms with Crippen molar-refractivity contribution in [2.75, 3.05) is 5.32 Å². The van der Waals surface area contributed by atoms with E-state index < -0.39 is 35.6 Å². The van der Waals surface area contributed by atoms with E-state index in [-0.39, 0.29) is 33.6 Å². The number of nitrogens with zero attached hydrogens (tertiary/aromatic N) is 3. The number of carbonyl (C=O) groups excluding carboxylic acids is 2. The van der Waals surface area contributed by atoms with Crippen LogP contribution in [0.15, 0.2) is 48.7 Å². The number of pyridine rings is 1. The summed E-state index contributed by atoms with van der Waals surface area (Å²) in [6.45, 7) is 1.57. The molecule has 5 aromatic rings. The summed E-state index contributed by atoms with van der Waals surface area (Å²) >= 11 is 2.15. The van der Waals surface area contributed by atoms with E-state index in [0.29, 0.717) is 21.9 Å². The lowest BCUT2D eigenvalue weighted by molar-refractivity contribution is 0.100. The summed E-state index contributed by atoms with van der Waals surface area (Å²) in [7, 11) is 0. The third kappa shape index (κ3) is 5.33. The summed E-state index contributed by atoms with van der Waals surface area (Å²) in [6.07, 6.45) is -1.46. The van der Waals surface area contributed by atoms with Crippen LogP contribution in [0.25, 0.3) is 20.7 Å². The van der Waals surface area contributed by atoms with Gasteiger partial charge in [0.25, 0.3) is 18.2 Å². The van der Waals surface area contributed by atoms with Gasteiger partial charge in [-0.15, -0.1) is 22.7 Å². The lowest BCUT2D eigenvalue weighted by Crippen LogP contribution is -2.18. The number of alkyl halides is 2. The van der Waals surface area contributed by atoms with E-state index >= 15 is 0 Å². The lowest BCUT2D eigenvalue weighted by Gasteiger charge is -2.09. The average Bonchev–Trinajstić information content (AvgIpc) is 3.62. The number of benzene rings is 1. The van der Waals surface area contributed by atoms with Crippen LogP contribution in [-0.4, -0.2) is 26.6 Å². The highest BCUT2D eigenvalue weighted by atomic mass is 32.1. The fourth-order valence-electron chi connectivity index (χ4n) is 3.76. The average molecular weight is 576 g/mol. The molecule has 0 saturated carbocycles. The molecule has 2 amide bonds. The highest BCUT2D eigenvalue weighted by Crippen LogP contribution is 2.44. The molecule has 0 fully saturated rings. The van der Waals surface area contributed by atoms with Gasteiger partial charge in [0.05, 0.1) is 5.69 Å². The molecule has 0 atom stereocenters. The van der Waals surface area contributed by atoms with Gasteiger partial charge in [0.2, 0.25) is 0 Å². The number of nitrogens with one attached hydrogen (secondary N) is 1. The van der Waals surface area contributed by atoms with Crippen molar-refractivity contribution >= 4 is 50.4 Å². The molecule has 39 heavy (non-hydrogen) atoms. The van der Waals surface area contributed by atoms with Crippen LogP contribution >= 0.6 is 22.7 Å². The molecule has 0 unspecified atom stereocenters. The second-order valence-electron chi connectivity index (χ2n) is 8.20. The fraction of sp³-hybridized carbons (Fsp3) is 0.120. The summed E-state index contributed by atoms with van der Waals surface area (Å²) in [6, 6.07) is 8.98. The van der Waals surface area contributed by atoms with Crippen molar-refractivity contribution in [3.05, 3.63) is 81.4 Å². The van der Waals surface area contributed by atoms with E-state index in [2.05, 4.69) is 15.4 Å². The Hall–Kier alpha value is -4.30. The van der Waals surface area contributed by atoms with E-state index in [0.717, 1.165) is 28.3 Å². The lowest BCUT2D eigenvalue weighted by atomic mass is 10.1. The minimum Gasteiger partial charge on any atom is -0.468 e. The van der Waals surface area contributed by atoms with E-state index in [1.54, 1.807) is 6.07 Å². The number of primary amides is 1. The van der Waals surface area contributed by atoms with Gasteiger partial charge in [0, 0.05) is 33.0 Å². The molecule has 0 spiro atoms. The number of aromatic nitrogens is 3. The number of amides is 2. The molecule has 0 aliphatic rings. The molecule has 4 heterocycles. The number of thiophene rings is 2. The molecular weight excluding hydrogens is 558 g/mol. The van der Waals surface area contributed by atoms with Gasteiger partial charge in [-0.25, -0.2) is 27.2 Å². The molecular formula is C25H17F4N5O3S2. The first-order valence-corrected chi connectivity index (χ1v) is 12.8. The Labute approximate surface area is 225 Å². The van der Waals surface area contributed by atoms with Crippen LogP contribution in [0.3, 0.4) is 0 Å². The van der Waals surface area contributed by atoms with Crippen LogP contribution in [0, 0.1) is 18.6 Å². The number of hydrogen-bond donors (Lipinski definition) is 2. The van der Waals surface area contributed by atoms with Gasteiger partial charge in [0.1, 0.15) is 21.2 Å². The highest BCUT2D eigenvalue weighted by Gasteiger charge is 2.26. The van der Waals surface area contributed by atoms with Crippen LogP contribution in [-0.2, 0) is 6.73 Å². The van der Waals surface area contributed by atoms with Crippen molar-refractivity contribution in [2.45, 2.75) is 20.1 Å². The molecule has 0 saturated heterocycles. The first kappa shape index (κ1) is 26.3. The predicted molar refractivity (Wildman–Crippen MR) is 138 cm³/mol. The smallest absolute Gasteiger partial charge is 0.280 e. The predicted octanol–water partition coefficient (Wildman–Crippen LogP) is 6.13. The van der Waals surface area contributed by atoms with Gasteiger partial charge in [0.15, 0.2) is 24.0 Å². The van der Waals surface area contributed by atoms with Crippen molar-refractivity contribution in [3.8, 4) is 16.2 Å². The van der Waals surface area contributed by atoms with E-state index in [1.807, 2.05) is 13.0 Å². The minimum absolute atomic E-state index is 0.0288. The molecule has 5 rings (SSSR count). The Bertz CT molecular complexity index is 1730. The number of nitrogens with two attached hydrogens (primary N) is 1. The van der Waals surface area contributed by atoms with Crippen LogP contribution in [0.2, 0.25) is 0 Å². The first-order chi connectivity index (χ1) is 18.6. The zero-order valence-corrected chi connectivity index (χ0v) is 21.5. The molecule has 8 nitrogen and oxygen atoms in total. The number of hydrogen-bond acceptors (Lipinski definition) is 7. The summed E-state index contributed by atoms with van der Waals surface area (Å²) in [5, 5.41) is 7.01. The van der Waals surface area contributed by atoms with E-state index in [9.17, 15) is 27.2 Å². The van der Waals surface area contributed by atoms with Crippen LogP contribution in [0.5, 0.6) is 5.75 Å². The number of halogens is 4. The van der Waals surface area contributed by atoms with Crippen molar-refractivity contribution in [1.82, 2.24) is 14.8 Å².